The zero-order chi connectivity index (χ0) is 14.1. The number of ether oxygens (including phenoxy) is 1. The number of thiophene rings is 1. The van der Waals surface area contributed by atoms with Gasteiger partial charge >= 0.3 is 5.97 Å². The molecule has 2 heterocycles. The van der Waals surface area contributed by atoms with Crippen molar-refractivity contribution in [3.63, 3.8) is 0 Å². The van der Waals surface area contributed by atoms with Crippen molar-refractivity contribution in [2.45, 2.75) is 19.6 Å². The zero-order valence-electron chi connectivity index (χ0n) is 11.3. The van der Waals surface area contributed by atoms with E-state index >= 15 is 0 Å². The summed E-state index contributed by atoms with van der Waals surface area (Å²) in [5.41, 5.74) is 0.937. The third-order valence-corrected chi connectivity index (χ3v) is 4.80. The first-order chi connectivity index (χ1) is 9.65. The maximum absolute atomic E-state index is 11.5. The molecule has 0 saturated carbocycles. The number of carboxylic acids is 1. The molecule has 1 N–H and O–H groups in total. The average Bonchev–Trinajstić information content (AvgIpc) is 2.78. The van der Waals surface area contributed by atoms with Crippen molar-refractivity contribution in [1.82, 2.24) is 4.90 Å². The molecule has 5 heteroatoms. The van der Waals surface area contributed by atoms with Gasteiger partial charge in [0.2, 0.25) is 0 Å². The Bertz CT molecular complexity index is 637. The lowest BCUT2D eigenvalue weighted by molar-refractivity contribution is -0.0211. The molecule has 1 fully saturated rings. The molecule has 1 aromatic carbocycles. The molecule has 1 atom stereocenters. The molecule has 1 aromatic heterocycles. The Kier molecular flexibility index (Phi) is 3.74. The lowest BCUT2D eigenvalue weighted by Gasteiger charge is -2.31. The van der Waals surface area contributed by atoms with Gasteiger partial charge in [0.15, 0.2) is 0 Å². The van der Waals surface area contributed by atoms with Crippen LogP contribution in [0, 0.1) is 0 Å². The Morgan fingerprint density at radius 1 is 1.50 bits per heavy atom. The predicted octanol–water partition coefficient (Wildman–Crippen LogP) is 2.82. The third kappa shape index (κ3) is 2.57. The zero-order valence-corrected chi connectivity index (χ0v) is 12.2. The molecule has 0 amide bonds. The Morgan fingerprint density at radius 3 is 3.05 bits per heavy atom. The highest BCUT2D eigenvalue weighted by molar-refractivity contribution is 7.21. The van der Waals surface area contributed by atoms with Gasteiger partial charge in [0.05, 0.1) is 12.7 Å². The van der Waals surface area contributed by atoms with Crippen molar-refractivity contribution in [2.24, 2.45) is 0 Å². The number of carboxylic acid groups (broad SMARTS) is 1. The van der Waals surface area contributed by atoms with Gasteiger partial charge in [-0.15, -0.1) is 11.3 Å². The summed E-state index contributed by atoms with van der Waals surface area (Å²) >= 11 is 1.36. The van der Waals surface area contributed by atoms with Crippen molar-refractivity contribution in [3.8, 4) is 0 Å². The van der Waals surface area contributed by atoms with Crippen molar-refractivity contribution >= 4 is 27.4 Å². The van der Waals surface area contributed by atoms with Crippen LogP contribution in [0.4, 0.5) is 0 Å². The van der Waals surface area contributed by atoms with Crippen LogP contribution in [0.5, 0.6) is 0 Å². The van der Waals surface area contributed by atoms with Gasteiger partial charge < -0.3 is 9.84 Å². The highest BCUT2D eigenvalue weighted by Gasteiger charge is 2.22. The van der Waals surface area contributed by atoms with E-state index in [-0.39, 0.29) is 6.10 Å². The molecule has 1 aliphatic rings. The maximum atomic E-state index is 11.5. The molecular formula is C15H17NO3S. The molecule has 0 radical (unpaired) electrons. The van der Waals surface area contributed by atoms with Crippen LogP contribution in [0.15, 0.2) is 24.3 Å². The summed E-state index contributed by atoms with van der Waals surface area (Å²) in [5, 5.41) is 10.5. The standard InChI is InChI=1S/C15H17NO3S/c1-10-8-16(6-7-19-10)9-12-11-4-2-3-5-13(11)20-14(12)15(17)18/h2-5,10H,6-9H2,1H3,(H,17,18). The number of aromatic carboxylic acids is 1. The predicted molar refractivity (Wildman–Crippen MR) is 79.5 cm³/mol. The van der Waals surface area contributed by atoms with E-state index in [4.69, 9.17) is 4.74 Å². The van der Waals surface area contributed by atoms with Crippen molar-refractivity contribution in [2.75, 3.05) is 19.7 Å². The monoisotopic (exact) mass is 291 g/mol. The van der Waals surface area contributed by atoms with E-state index in [9.17, 15) is 9.90 Å². The molecule has 0 spiro atoms. The van der Waals surface area contributed by atoms with E-state index in [0.717, 1.165) is 28.7 Å². The Labute approximate surface area is 121 Å². The first-order valence-corrected chi connectivity index (χ1v) is 7.54. The number of fused-ring (bicyclic) bond motifs is 1. The minimum absolute atomic E-state index is 0.210. The van der Waals surface area contributed by atoms with Gasteiger partial charge in [0.25, 0.3) is 0 Å². The van der Waals surface area contributed by atoms with E-state index in [1.54, 1.807) is 0 Å². The van der Waals surface area contributed by atoms with Crippen LogP contribution >= 0.6 is 11.3 Å². The fourth-order valence-corrected chi connectivity index (χ4v) is 3.74. The van der Waals surface area contributed by atoms with Gasteiger partial charge in [-0.2, -0.15) is 0 Å². The largest absolute Gasteiger partial charge is 0.477 e. The summed E-state index contributed by atoms with van der Waals surface area (Å²) < 4.78 is 6.58. The molecule has 1 aliphatic heterocycles. The summed E-state index contributed by atoms with van der Waals surface area (Å²) in [7, 11) is 0. The second-order valence-electron chi connectivity index (χ2n) is 5.13. The van der Waals surface area contributed by atoms with Crippen LogP contribution in [-0.2, 0) is 11.3 Å². The first kappa shape index (κ1) is 13.5. The Balaban J connectivity index is 1.96. The van der Waals surface area contributed by atoms with Crippen molar-refractivity contribution < 1.29 is 14.6 Å². The minimum atomic E-state index is -0.831. The average molecular weight is 291 g/mol. The molecule has 0 aliphatic carbocycles. The number of nitrogens with zero attached hydrogens (tertiary/aromatic N) is 1. The van der Waals surface area contributed by atoms with Crippen LogP contribution < -0.4 is 0 Å². The topological polar surface area (TPSA) is 49.8 Å². The smallest absolute Gasteiger partial charge is 0.346 e. The van der Waals surface area contributed by atoms with Gasteiger partial charge in [-0.3, -0.25) is 4.90 Å². The van der Waals surface area contributed by atoms with Crippen LogP contribution in [0.3, 0.4) is 0 Å². The Morgan fingerprint density at radius 2 is 2.30 bits per heavy atom. The second-order valence-corrected chi connectivity index (χ2v) is 6.18. The summed E-state index contributed by atoms with van der Waals surface area (Å²) in [4.78, 5) is 14.2. The molecule has 4 nitrogen and oxygen atoms in total. The number of morpholine rings is 1. The second kappa shape index (κ2) is 5.52. The molecule has 20 heavy (non-hydrogen) atoms. The summed E-state index contributed by atoms with van der Waals surface area (Å²) in [6, 6.07) is 7.91. The van der Waals surface area contributed by atoms with Crippen molar-refractivity contribution in [3.05, 3.63) is 34.7 Å². The van der Waals surface area contributed by atoms with Crippen LogP contribution in [0.2, 0.25) is 0 Å². The van der Waals surface area contributed by atoms with Crippen LogP contribution in [0.25, 0.3) is 10.1 Å². The van der Waals surface area contributed by atoms with Crippen LogP contribution in [0.1, 0.15) is 22.2 Å². The number of carbonyl (C=O) groups is 1. The number of hydrogen-bond donors (Lipinski definition) is 1. The minimum Gasteiger partial charge on any atom is -0.477 e. The molecule has 1 unspecified atom stereocenters. The van der Waals surface area contributed by atoms with Gasteiger partial charge in [-0.25, -0.2) is 4.79 Å². The molecule has 2 aromatic rings. The fraction of sp³-hybridized carbons (Fsp3) is 0.400. The maximum Gasteiger partial charge on any atom is 0.346 e. The molecule has 106 valence electrons. The third-order valence-electron chi connectivity index (χ3n) is 3.60. The van der Waals surface area contributed by atoms with Gasteiger partial charge in [-0.1, -0.05) is 18.2 Å². The van der Waals surface area contributed by atoms with Gasteiger partial charge in [0, 0.05) is 24.3 Å². The van der Waals surface area contributed by atoms with Crippen molar-refractivity contribution in [1.29, 1.82) is 0 Å². The SMILES string of the molecule is CC1CN(Cc2c(C(=O)O)sc3ccccc23)CCO1. The number of rotatable bonds is 3. The summed E-state index contributed by atoms with van der Waals surface area (Å²) in [5.74, 6) is -0.831. The lowest BCUT2D eigenvalue weighted by atomic mass is 10.1. The summed E-state index contributed by atoms with van der Waals surface area (Å²) in [6.07, 6.45) is 0.210. The van der Waals surface area contributed by atoms with E-state index in [0.29, 0.717) is 18.0 Å². The van der Waals surface area contributed by atoms with E-state index < -0.39 is 5.97 Å². The van der Waals surface area contributed by atoms with E-state index in [1.807, 2.05) is 24.3 Å². The Hall–Kier alpha value is -1.43. The molecule has 0 bridgehead atoms. The van der Waals surface area contributed by atoms with E-state index in [1.165, 1.54) is 11.3 Å². The van der Waals surface area contributed by atoms with Gasteiger partial charge in [-0.05, 0) is 23.9 Å². The molecule has 3 rings (SSSR count). The van der Waals surface area contributed by atoms with Gasteiger partial charge in [0.1, 0.15) is 4.88 Å². The molecule has 1 saturated heterocycles. The number of hydrogen-bond acceptors (Lipinski definition) is 4. The highest BCUT2D eigenvalue weighted by atomic mass is 32.1. The fourth-order valence-electron chi connectivity index (χ4n) is 2.69. The normalized spacial score (nSPS) is 20.4. The quantitative estimate of drug-likeness (QED) is 0.944. The molecular weight excluding hydrogens is 274 g/mol. The van der Waals surface area contributed by atoms with E-state index in [2.05, 4.69) is 11.8 Å². The van der Waals surface area contributed by atoms with Crippen LogP contribution in [-0.4, -0.2) is 41.8 Å². The highest BCUT2D eigenvalue weighted by Crippen LogP contribution is 2.32. The number of benzene rings is 1. The lowest BCUT2D eigenvalue weighted by Crippen LogP contribution is -2.40. The summed E-state index contributed by atoms with van der Waals surface area (Å²) in [6.45, 7) is 5.15. The first-order valence-electron chi connectivity index (χ1n) is 6.73.